The Morgan fingerprint density at radius 1 is 1.50 bits per heavy atom. The van der Waals surface area contributed by atoms with Gasteiger partial charge in [-0.25, -0.2) is 0 Å². The molecule has 0 aromatic heterocycles. The van der Waals surface area contributed by atoms with Gasteiger partial charge in [0.05, 0.1) is 7.11 Å². The van der Waals surface area contributed by atoms with Crippen molar-refractivity contribution in [3.05, 3.63) is 23.8 Å². The number of phenols is 1. The number of aryl methyl sites for hydroxylation is 1. The summed E-state index contributed by atoms with van der Waals surface area (Å²) in [6.07, 6.45) is 2.91. The normalized spacial score (nSPS) is 9.79. The highest BCUT2D eigenvalue weighted by atomic mass is 16.5. The molecule has 0 saturated heterocycles. The molecule has 0 heterocycles. The van der Waals surface area contributed by atoms with Crippen LogP contribution in [-0.4, -0.2) is 18.5 Å². The topological polar surface area (TPSA) is 46.5 Å². The Bertz CT molecular complexity index is 307. The van der Waals surface area contributed by atoms with Crippen molar-refractivity contribution in [1.29, 1.82) is 0 Å². The summed E-state index contributed by atoms with van der Waals surface area (Å²) in [5.74, 6) is 0.872. The maximum absolute atomic E-state index is 10.1. The van der Waals surface area contributed by atoms with E-state index in [-0.39, 0.29) is 5.75 Å². The van der Waals surface area contributed by atoms with Crippen LogP contribution in [0.2, 0.25) is 0 Å². The quantitative estimate of drug-likeness (QED) is 0.575. The van der Waals surface area contributed by atoms with Crippen molar-refractivity contribution >= 4 is 6.29 Å². The first-order valence-corrected chi connectivity index (χ1v) is 4.57. The second-order valence-electron chi connectivity index (χ2n) is 3.05. The third kappa shape index (κ3) is 2.76. The van der Waals surface area contributed by atoms with Crippen molar-refractivity contribution in [2.75, 3.05) is 7.11 Å². The number of hydrogen-bond acceptors (Lipinski definition) is 3. The van der Waals surface area contributed by atoms with Gasteiger partial charge in [0.2, 0.25) is 0 Å². The Balaban J connectivity index is 2.63. The number of ether oxygens (including phenoxy) is 1. The molecule has 0 aliphatic rings. The molecule has 1 N–H and O–H groups in total. The van der Waals surface area contributed by atoms with Crippen molar-refractivity contribution in [2.24, 2.45) is 0 Å². The average Bonchev–Trinajstić information content (AvgIpc) is 2.20. The predicted molar refractivity (Wildman–Crippen MR) is 53.7 cm³/mol. The van der Waals surface area contributed by atoms with Crippen molar-refractivity contribution in [2.45, 2.75) is 19.3 Å². The summed E-state index contributed by atoms with van der Waals surface area (Å²) in [5, 5.41) is 9.55. The van der Waals surface area contributed by atoms with Gasteiger partial charge in [0, 0.05) is 12.5 Å². The van der Waals surface area contributed by atoms with Crippen molar-refractivity contribution < 1.29 is 14.6 Å². The number of hydrogen-bond donors (Lipinski definition) is 1. The van der Waals surface area contributed by atoms with Crippen LogP contribution in [0.5, 0.6) is 11.5 Å². The van der Waals surface area contributed by atoms with Crippen LogP contribution in [-0.2, 0) is 11.2 Å². The van der Waals surface area contributed by atoms with Gasteiger partial charge in [-0.3, -0.25) is 0 Å². The van der Waals surface area contributed by atoms with E-state index >= 15 is 0 Å². The number of phenolic OH excluding ortho intramolecular Hbond substituents is 1. The smallest absolute Gasteiger partial charge is 0.122 e. The van der Waals surface area contributed by atoms with Crippen LogP contribution < -0.4 is 4.74 Å². The molecule has 0 fully saturated rings. The lowest BCUT2D eigenvalue weighted by molar-refractivity contribution is -0.107. The van der Waals surface area contributed by atoms with Crippen LogP contribution in [0.25, 0.3) is 0 Å². The summed E-state index contributed by atoms with van der Waals surface area (Å²) in [4.78, 5) is 10.1. The van der Waals surface area contributed by atoms with E-state index in [0.29, 0.717) is 18.6 Å². The molecule has 0 spiro atoms. The molecule has 14 heavy (non-hydrogen) atoms. The van der Waals surface area contributed by atoms with Gasteiger partial charge in [-0.2, -0.15) is 0 Å². The molecule has 0 bridgehead atoms. The lowest BCUT2D eigenvalue weighted by Gasteiger charge is -2.05. The summed E-state index contributed by atoms with van der Waals surface area (Å²) in [6.45, 7) is 0. The molecule has 1 aromatic rings. The van der Waals surface area contributed by atoms with Crippen LogP contribution >= 0.6 is 0 Å². The van der Waals surface area contributed by atoms with Crippen molar-refractivity contribution in [3.8, 4) is 11.5 Å². The fourth-order valence-corrected chi connectivity index (χ4v) is 1.26. The zero-order chi connectivity index (χ0) is 10.4. The van der Waals surface area contributed by atoms with Crippen molar-refractivity contribution in [1.82, 2.24) is 0 Å². The average molecular weight is 194 g/mol. The lowest BCUT2D eigenvalue weighted by Crippen LogP contribution is -1.89. The Morgan fingerprint density at radius 2 is 2.29 bits per heavy atom. The molecule has 0 radical (unpaired) electrons. The van der Waals surface area contributed by atoms with E-state index in [1.165, 1.54) is 0 Å². The minimum absolute atomic E-state index is 0.232. The molecule has 0 saturated carbocycles. The van der Waals surface area contributed by atoms with Crippen LogP contribution in [0.4, 0.5) is 0 Å². The van der Waals surface area contributed by atoms with E-state index in [1.807, 2.05) is 6.07 Å². The Morgan fingerprint density at radius 3 is 2.86 bits per heavy atom. The maximum atomic E-state index is 10.1. The second kappa shape index (κ2) is 5.27. The van der Waals surface area contributed by atoms with Crippen LogP contribution in [0.3, 0.4) is 0 Å². The monoisotopic (exact) mass is 194 g/mol. The van der Waals surface area contributed by atoms with Gasteiger partial charge >= 0.3 is 0 Å². The summed E-state index contributed by atoms with van der Waals surface area (Å²) in [7, 11) is 1.56. The Hall–Kier alpha value is -1.51. The zero-order valence-electron chi connectivity index (χ0n) is 8.19. The Labute approximate surface area is 83.3 Å². The Kier molecular flexibility index (Phi) is 3.98. The van der Waals surface area contributed by atoms with E-state index in [4.69, 9.17) is 4.74 Å². The van der Waals surface area contributed by atoms with Gasteiger partial charge < -0.3 is 14.6 Å². The van der Waals surface area contributed by atoms with Crippen LogP contribution in [0.15, 0.2) is 18.2 Å². The molecule has 0 unspecified atom stereocenters. The fourth-order valence-electron chi connectivity index (χ4n) is 1.26. The van der Waals surface area contributed by atoms with Gasteiger partial charge in [0.25, 0.3) is 0 Å². The molecule has 1 rings (SSSR count). The van der Waals surface area contributed by atoms with E-state index in [9.17, 15) is 9.90 Å². The number of aromatic hydroxyl groups is 1. The minimum atomic E-state index is 0.232. The summed E-state index contributed by atoms with van der Waals surface area (Å²) in [5.41, 5.74) is 0.854. The number of unbranched alkanes of at least 4 members (excludes halogenated alkanes) is 1. The van der Waals surface area contributed by atoms with Gasteiger partial charge in [0.1, 0.15) is 17.8 Å². The highest BCUT2D eigenvalue weighted by Gasteiger charge is 2.02. The molecular formula is C11H14O3. The standard InChI is InChI=1S/C11H14O3/c1-14-10-6-5-9(11(13)8-10)4-2-3-7-12/h5-8,13H,2-4H2,1H3. The molecular weight excluding hydrogens is 180 g/mol. The number of rotatable bonds is 5. The first-order chi connectivity index (χ1) is 6.77. The highest BCUT2D eigenvalue weighted by Crippen LogP contribution is 2.24. The van der Waals surface area contributed by atoms with E-state index in [0.717, 1.165) is 18.3 Å². The summed E-state index contributed by atoms with van der Waals surface area (Å²) in [6, 6.07) is 5.20. The van der Waals surface area contributed by atoms with E-state index < -0.39 is 0 Å². The number of carbonyl (C=O) groups excluding carboxylic acids is 1. The second-order valence-corrected chi connectivity index (χ2v) is 3.05. The largest absolute Gasteiger partial charge is 0.508 e. The van der Waals surface area contributed by atoms with Crippen LogP contribution in [0, 0.1) is 0 Å². The molecule has 0 atom stereocenters. The molecule has 1 aromatic carbocycles. The lowest BCUT2D eigenvalue weighted by atomic mass is 10.1. The summed E-state index contributed by atoms with van der Waals surface area (Å²) < 4.78 is 4.96. The van der Waals surface area contributed by atoms with E-state index in [2.05, 4.69) is 0 Å². The first-order valence-electron chi connectivity index (χ1n) is 4.57. The number of carbonyl (C=O) groups is 1. The molecule has 0 amide bonds. The summed E-state index contributed by atoms with van der Waals surface area (Å²) >= 11 is 0. The zero-order valence-corrected chi connectivity index (χ0v) is 8.19. The van der Waals surface area contributed by atoms with E-state index in [1.54, 1.807) is 19.2 Å². The van der Waals surface area contributed by atoms with Gasteiger partial charge in [-0.05, 0) is 24.5 Å². The number of benzene rings is 1. The van der Waals surface area contributed by atoms with Crippen molar-refractivity contribution in [3.63, 3.8) is 0 Å². The minimum Gasteiger partial charge on any atom is -0.508 e. The molecule has 76 valence electrons. The van der Waals surface area contributed by atoms with Gasteiger partial charge in [0.15, 0.2) is 0 Å². The predicted octanol–water partition coefficient (Wildman–Crippen LogP) is 1.92. The molecule has 3 nitrogen and oxygen atoms in total. The molecule has 0 aliphatic heterocycles. The fraction of sp³-hybridized carbons (Fsp3) is 0.364. The molecule has 3 heteroatoms. The maximum Gasteiger partial charge on any atom is 0.122 e. The highest BCUT2D eigenvalue weighted by molar-refractivity contribution is 5.49. The third-order valence-electron chi connectivity index (χ3n) is 2.06. The van der Waals surface area contributed by atoms with Crippen LogP contribution in [0.1, 0.15) is 18.4 Å². The number of aldehydes is 1. The third-order valence-corrected chi connectivity index (χ3v) is 2.06. The first kappa shape index (κ1) is 10.6. The van der Waals surface area contributed by atoms with Gasteiger partial charge in [-0.1, -0.05) is 6.07 Å². The van der Waals surface area contributed by atoms with Gasteiger partial charge in [-0.15, -0.1) is 0 Å². The molecule has 0 aliphatic carbocycles. The SMILES string of the molecule is COc1ccc(CCCC=O)c(O)c1. The number of methoxy groups -OCH3 is 1.